The summed E-state index contributed by atoms with van der Waals surface area (Å²) in [6.45, 7) is 4.88. The van der Waals surface area contributed by atoms with Gasteiger partial charge in [-0.15, -0.1) is 11.3 Å². The molecular formula is C27H26ClN5O4S. The van der Waals surface area contributed by atoms with Crippen molar-refractivity contribution in [3.05, 3.63) is 76.5 Å². The lowest BCUT2D eigenvalue weighted by Gasteiger charge is -2.15. The molecule has 4 rings (SSSR count). The van der Waals surface area contributed by atoms with Crippen LogP contribution in [0.25, 0.3) is 10.9 Å². The molecule has 11 heteroatoms. The fraction of sp³-hybridized carbons (Fsp3) is 0.222. The Kier molecular flexibility index (Phi) is 9.01. The van der Waals surface area contributed by atoms with E-state index in [9.17, 15) is 9.59 Å². The van der Waals surface area contributed by atoms with E-state index in [1.807, 2.05) is 14.1 Å². The highest BCUT2D eigenvalue weighted by Crippen LogP contribution is 2.36. The number of rotatable bonds is 12. The van der Waals surface area contributed by atoms with E-state index in [-0.39, 0.29) is 16.6 Å². The van der Waals surface area contributed by atoms with E-state index < -0.39 is 5.97 Å². The van der Waals surface area contributed by atoms with Crippen molar-refractivity contribution in [1.82, 2.24) is 19.9 Å². The van der Waals surface area contributed by atoms with Crippen LogP contribution in [0.5, 0.6) is 11.5 Å². The zero-order chi connectivity index (χ0) is 27.1. The minimum absolute atomic E-state index is 0.195. The molecule has 0 aliphatic rings. The molecule has 2 aromatic carbocycles. The predicted octanol–water partition coefficient (Wildman–Crippen LogP) is 5.53. The fourth-order valence-electron chi connectivity index (χ4n) is 3.59. The first-order chi connectivity index (χ1) is 18.4. The molecule has 0 saturated carbocycles. The first-order valence-corrected chi connectivity index (χ1v) is 13.0. The highest BCUT2D eigenvalue weighted by Gasteiger charge is 2.17. The van der Waals surface area contributed by atoms with Gasteiger partial charge in [-0.3, -0.25) is 9.78 Å². The van der Waals surface area contributed by atoms with Gasteiger partial charge >= 0.3 is 5.97 Å². The standard InChI is InChI=1S/C27H26ClN5O4S/c1-4-25(34)37-23-12-19-21(13-22(23)36-10-6-5-9-33(2)3)30-15-31-27(19)32-17-7-8-18(20(28)11-17)26(35)24-14-29-16-38-24/h4,7-8,11-16H,1,5-6,9-10H2,2-3H3,(H,30,31,32). The monoisotopic (exact) mass is 551 g/mol. The van der Waals surface area contributed by atoms with E-state index in [4.69, 9.17) is 21.1 Å². The van der Waals surface area contributed by atoms with Crippen molar-refractivity contribution >= 4 is 57.1 Å². The molecule has 0 unspecified atom stereocenters. The van der Waals surface area contributed by atoms with Crippen molar-refractivity contribution in [2.75, 3.05) is 32.6 Å². The minimum Gasteiger partial charge on any atom is -0.490 e. The molecule has 4 aromatic rings. The molecule has 0 radical (unpaired) electrons. The molecule has 0 fully saturated rings. The lowest BCUT2D eigenvalue weighted by molar-refractivity contribution is -0.129. The Bertz CT molecular complexity index is 1460. The Hall–Kier alpha value is -3.86. The van der Waals surface area contributed by atoms with Crippen LogP contribution in [0.15, 0.2) is 61.0 Å². The quantitative estimate of drug-likeness (QED) is 0.0799. The number of carbonyl (C=O) groups is 2. The maximum absolute atomic E-state index is 12.7. The number of thiazole rings is 1. The molecule has 0 spiro atoms. The number of nitrogens with one attached hydrogen (secondary N) is 1. The number of halogens is 1. The van der Waals surface area contributed by atoms with Crippen LogP contribution in [-0.2, 0) is 4.79 Å². The largest absolute Gasteiger partial charge is 0.490 e. The third-order valence-electron chi connectivity index (χ3n) is 5.47. The molecule has 38 heavy (non-hydrogen) atoms. The molecule has 0 amide bonds. The van der Waals surface area contributed by atoms with Gasteiger partial charge in [0.15, 0.2) is 11.5 Å². The number of unbranched alkanes of at least 4 members (excludes halogenated alkanes) is 1. The highest BCUT2D eigenvalue weighted by atomic mass is 35.5. The van der Waals surface area contributed by atoms with E-state index in [2.05, 4.69) is 31.7 Å². The molecule has 2 heterocycles. The number of esters is 1. The second-order valence-corrected chi connectivity index (χ2v) is 9.83. The summed E-state index contributed by atoms with van der Waals surface area (Å²) in [7, 11) is 4.04. The van der Waals surface area contributed by atoms with E-state index >= 15 is 0 Å². The van der Waals surface area contributed by atoms with Gasteiger partial charge in [-0.2, -0.15) is 0 Å². The van der Waals surface area contributed by atoms with E-state index in [0.717, 1.165) is 25.5 Å². The van der Waals surface area contributed by atoms with Crippen LogP contribution in [0.1, 0.15) is 28.1 Å². The summed E-state index contributed by atoms with van der Waals surface area (Å²) in [5.41, 5.74) is 3.17. The van der Waals surface area contributed by atoms with Crippen LogP contribution in [0.4, 0.5) is 11.5 Å². The maximum Gasteiger partial charge on any atom is 0.335 e. The van der Waals surface area contributed by atoms with E-state index in [1.54, 1.807) is 35.8 Å². The summed E-state index contributed by atoms with van der Waals surface area (Å²) in [5, 5.41) is 4.10. The number of hydrogen-bond acceptors (Lipinski definition) is 10. The average Bonchev–Trinajstić information content (AvgIpc) is 3.44. The summed E-state index contributed by atoms with van der Waals surface area (Å²) in [6.07, 6.45) is 5.83. The normalized spacial score (nSPS) is 10.9. The van der Waals surface area contributed by atoms with Gasteiger partial charge in [0, 0.05) is 35.0 Å². The summed E-state index contributed by atoms with van der Waals surface area (Å²) < 4.78 is 11.4. The Balaban J connectivity index is 1.60. The summed E-state index contributed by atoms with van der Waals surface area (Å²) in [5.74, 6) is 0.286. The second-order valence-electron chi connectivity index (χ2n) is 8.54. The Labute approximate surface area is 229 Å². The summed E-state index contributed by atoms with van der Waals surface area (Å²) >= 11 is 7.69. The topological polar surface area (TPSA) is 107 Å². The number of aromatic nitrogens is 3. The average molecular weight is 552 g/mol. The van der Waals surface area contributed by atoms with Gasteiger partial charge in [-0.1, -0.05) is 18.2 Å². The Morgan fingerprint density at radius 3 is 2.71 bits per heavy atom. The van der Waals surface area contributed by atoms with Gasteiger partial charge in [0.25, 0.3) is 0 Å². The maximum atomic E-state index is 12.7. The molecule has 1 N–H and O–H groups in total. The number of hydrogen-bond donors (Lipinski definition) is 1. The van der Waals surface area contributed by atoms with Gasteiger partial charge in [0.2, 0.25) is 5.78 Å². The number of fused-ring (bicyclic) bond motifs is 1. The van der Waals surface area contributed by atoms with Gasteiger partial charge in [0.05, 0.1) is 27.5 Å². The lowest BCUT2D eigenvalue weighted by Crippen LogP contribution is -2.14. The smallest absolute Gasteiger partial charge is 0.335 e. The van der Waals surface area contributed by atoms with Gasteiger partial charge in [-0.25, -0.2) is 14.8 Å². The van der Waals surface area contributed by atoms with Crippen molar-refractivity contribution < 1.29 is 19.1 Å². The van der Waals surface area contributed by atoms with Gasteiger partial charge < -0.3 is 19.7 Å². The molecule has 0 atom stereocenters. The zero-order valence-electron chi connectivity index (χ0n) is 20.9. The third kappa shape index (κ3) is 6.71. The Morgan fingerprint density at radius 1 is 1.16 bits per heavy atom. The predicted molar refractivity (Wildman–Crippen MR) is 149 cm³/mol. The third-order valence-corrected chi connectivity index (χ3v) is 6.55. The molecule has 0 bridgehead atoms. The van der Waals surface area contributed by atoms with Gasteiger partial charge in [0.1, 0.15) is 12.1 Å². The molecule has 0 aliphatic heterocycles. The first-order valence-electron chi connectivity index (χ1n) is 11.8. The van der Waals surface area contributed by atoms with Gasteiger partial charge in [-0.05, 0) is 57.7 Å². The number of anilines is 2. The second kappa shape index (κ2) is 12.6. The molecular weight excluding hydrogens is 526 g/mol. The van der Waals surface area contributed by atoms with Crippen molar-refractivity contribution in [2.45, 2.75) is 12.8 Å². The Morgan fingerprint density at radius 2 is 2.00 bits per heavy atom. The molecule has 196 valence electrons. The molecule has 2 aromatic heterocycles. The van der Waals surface area contributed by atoms with Crippen molar-refractivity contribution in [1.29, 1.82) is 0 Å². The number of ether oxygens (including phenoxy) is 2. The van der Waals surface area contributed by atoms with E-state index in [1.165, 1.54) is 23.9 Å². The fourth-order valence-corrected chi connectivity index (χ4v) is 4.43. The molecule has 0 saturated heterocycles. The number of benzene rings is 2. The van der Waals surface area contributed by atoms with Crippen LogP contribution >= 0.6 is 22.9 Å². The van der Waals surface area contributed by atoms with Crippen molar-refractivity contribution in [3.63, 3.8) is 0 Å². The number of ketones is 1. The first kappa shape index (κ1) is 27.2. The van der Waals surface area contributed by atoms with Crippen LogP contribution < -0.4 is 14.8 Å². The SMILES string of the molecule is C=CC(=O)Oc1cc2c(Nc3ccc(C(=O)c4cncs4)c(Cl)c3)ncnc2cc1OCCCCN(C)C. The minimum atomic E-state index is -0.610. The van der Waals surface area contributed by atoms with Crippen LogP contribution in [0.3, 0.4) is 0 Å². The van der Waals surface area contributed by atoms with Crippen molar-refractivity contribution in [2.24, 2.45) is 0 Å². The van der Waals surface area contributed by atoms with Crippen LogP contribution in [0.2, 0.25) is 5.02 Å². The van der Waals surface area contributed by atoms with Crippen molar-refractivity contribution in [3.8, 4) is 11.5 Å². The lowest BCUT2D eigenvalue weighted by atomic mass is 10.1. The number of nitrogens with zero attached hydrogens (tertiary/aromatic N) is 4. The highest BCUT2D eigenvalue weighted by molar-refractivity contribution is 7.12. The van der Waals surface area contributed by atoms with Crippen LogP contribution in [0, 0.1) is 0 Å². The summed E-state index contributed by atoms with van der Waals surface area (Å²) in [6, 6.07) is 8.39. The zero-order valence-corrected chi connectivity index (χ0v) is 22.5. The number of carbonyl (C=O) groups excluding carboxylic acids is 2. The molecule has 9 nitrogen and oxygen atoms in total. The van der Waals surface area contributed by atoms with E-state index in [0.29, 0.717) is 45.2 Å². The molecule has 0 aliphatic carbocycles. The summed E-state index contributed by atoms with van der Waals surface area (Å²) in [4.78, 5) is 40.0. The van der Waals surface area contributed by atoms with Crippen LogP contribution in [-0.4, -0.2) is 58.9 Å².